The van der Waals surface area contributed by atoms with Gasteiger partial charge in [-0.3, -0.25) is 10.1 Å². The molecule has 2 N–H and O–H groups in total. The number of thioether (sulfide) groups is 1. The van der Waals surface area contributed by atoms with Gasteiger partial charge in [-0.1, -0.05) is 23.4 Å². The number of nitrogens with one attached hydrogen (secondary N) is 2. The van der Waals surface area contributed by atoms with Gasteiger partial charge >= 0.3 is 6.03 Å². The Morgan fingerprint density at radius 3 is 2.58 bits per heavy atom. The Labute approximate surface area is 160 Å². The summed E-state index contributed by atoms with van der Waals surface area (Å²) in [5.41, 5.74) is 0. The van der Waals surface area contributed by atoms with Gasteiger partial charge in [-0.2, -0.15) is 0 Å². The van der Waals surface area contributed by atoms with Crippen LogP contribution in [0.3, 0.4) is 0 Å². The number of hydrogen-bond acceptors (Lipinski definition) is 7. The van der Waals surface area contributed by atoms with E-state index in [4.69, 9.17) is 20.8 Å². The zero-order valence-electron chi connectivity index (χ0n) is 14.5. The van der Waals surface area contributed by atoms with Crippen molar-refractivity contribution in [2.75, 3.05) is 0 Å². The fraction of sp³-hybridized carbons (Fsp3) is 0.375. The largest absolute Gasteiger partial charge is 0.484 e. The second kappa shape index (κ2) is 9.44. The molecule has 0 saturated carbocycles. The molecule has 1 heterocycles. The zero-order valence-corrected chi connectivity index (χ0v) is 16.1. The highest BCUT2D eigenvalue weighted by Gasteiger charge is 2.20. The van der Waals surface area contributed by atoms with Gasteiger partial charge < -0.3 is 14.5 Å². The van der Waals surface area contributed by atoms with Crippen molar-refractivity contribution in [3.05, 3.63) is 35.2 Å². The van der Waals surface area contributed by atoms with E-state index in [2.05, 4.69) is 20.8 Å². The number of hydrogen-bond donors (Lipinski definition) is 2. The third-order valence-corrected chi connectivity index (χ3v) is 4.11. The number of imide groups is 1. The van der Waals surface area contributed by atoms with Gasteiger partial charge in [0, 0.05) is 11.1 Å². The molecular formula is C16H19ClN4O4S. The number of amides is 3. The van der Waals surface area contributed by atoms with Crippen LogP contribution in [0.25, 0.3) is 0 Å². The molecule has 1 aromatic carbocycles. The number of benzene rings is 1. The second-order valence-corrected chi connectivity index (χ2v) is 7.31. The summed E-state index contributed by atoms with van der Waals surface area (Å²) < 4.78 is 10.9. The van der Waals surface area contributed by atoms with Crippen LogP contribution in [0, 0.1) is 0 Å². The molecule has 0 radical (unpaired) electrons. The molecule has 0 aliphatic rings. The molecule has 0 saturated heterocycles. The summed E-state index contributed by atoms with van der Waals surface area (Å²) >= 11 is 6.86. The molecule has 0 aliphatic heterocycles. The maximum Gasteiger partial charge on any atom is 0.321 e. The number of ether oxygens (including phenoxy) is 1. The SMILES string of the molecule is CC(C)NC(=O)NC(=O)[C@H](C)Sc1nnc(COc2ccc(Cl)cc2)o1. The first-order chi connectivity index (χ1) is 12.3. The van der Waals surface area contributed by atoms with Gasteiger partial charge in [0.15, 0.2) is 6.61 Å². The predicted octanol–water partition coefficient (Wildman–Crippen LogP) is 3.02. The van der Waals surface area contributed by atoms with Crippen molar-refractivity contribution in [2.45, 2.75) is 43.9 Å². The molecule has 3 amide bonds. The van der Waals surface area contributed by atoms with Crippen LogP contribution < -0.4 is 15.4 Å². The number of carbonyl (C=O) groups excluding carboxylic acids is 2. The monoisotopic (exact) mass is 398 g/mol. The van der Waals surface area contributed by atoms with Crippen LogP contribution in [-0.4, -0.2) is 33.4 Å². The molecule has 0 unspecified atom stereocenters. The van der Waals surface area contributed by atoms with Crippen molar-refractivity contribution in [1.29, 1.82) is 0 Å². The molecule has 0 bridgehead atoms. The molecule has 140 valence electrons. The maximum atomic E-state index is 12.0. The Bertz CT molecular complexity index is 751. The van der Waals surface area contributed by atoms with Crippen LogP contribution in [0.1, 0.15) is 26.7 Å². The zero-order chi connectivity index (χ0) is 19.1. The summed E-state index contributed by atoms with van der Waals surface area (Å²) in [6, 6.07) is 6.26. The number of nitrogens with zero attached hydrogens (tertiary/aromatic N) is 2. The number of urea groups is 1. The summed E-state index contributed by atoms with van der Waals surface area (Å²) in [6.07, 6.45) is 0. The minimum atomic E-state index is -0.585. The van der Waals surface area contributed by atoms with Crippen LogP contribution >= 0.6 is 23.4 Å². The van der Waals surface area contributed by atoms with Crippen molar-refractivity contribution in [2.24, 2.45) is 0 Å². The lowest BCUT2D eigenvalue weighted by Crippen LogP contribution is -2.45. The van der Waals surface area contributed by atoms with Crippen LogP contribution in [0.2, 0.25) is 5.02 Å². The molecule has 1 atom stereocenters. The average molecular weight is 399 g/mol. The first-order valence-corrected chi connectivity index (χ1v) is 9.08. The van der Waals surface area contributed by atoms with Crippen molar-refractivity contribution < 1.29 is 18.7 Å². The molecule has 10 heteroatoms. The molecule has 0 aliphatic carbocycles. The molecule has 0 fully saturated rings. The molecule has 1 aromatic heterocycles. The fourth-order valence-corrected chi connectivity index (χ4v) is 2.56. The first kappa shape index (κ1) is 20.1. The van der Waals surface area contributed by atoms with Crippen LogP contribution in [0.4, 0.5) is 4.79 Å². The van der Waals surface area contributed by atoms with Gasteiger partial charge in [0.25, 0.3) is 11.1 Å². The lowest BCUT2D eigenvalue weighted by Gasteiger charge is -2.11. The minimum absolute atomic E-state index is 0.0649. The lowest BCUT2D eigenvalue weighted by molar-refractivity contribution is -0.119. The molecule has 8 nitrogen and oxygen atoms in total. The summed E-state index contributed by atoms with van der Waals surface area (Å²) in [6.45, 7) is 5.33. The van der Waals surface area contributed by atoms with Crippen LogP contribution in [0.5, 0.6) is 5.75 Å². The Hall–Kier alpha value is -2.26. The van der Waals surface area contributed by atoms with Gasteiger partial charge in [-0.05, 0) is 45.0 Å². The van der Waals surface area contributed by atoms with E-state index in [1.165, 1.54) is 0 Å². The molecule has 0 spiro atoms. The lowest BCUT2D eigenvalue weighted by atomic mass is 10.3. The minimum Gasteiger partial charge on any atom is -0.484 e. The Balaban J connectivity index is 1.82. The van der Waals surface area contributed by atoms with E-state index in [0.29, 0.717) is 10.8 Å². The third kappa shape index (κ3) is 6.57. The van der Waals surface area contributed by atoms with E-state index < -0.39 is 17.2 Å². The number of carbonyl (C=O) groups is 2. The van der Waals surface area contributed by atoms with Gasteiger partial charge in [0.1, 0.15) is 5.75 Å². The van der Waals surface area contributed by atoms with E-state index in [-0.39, 0.29) is 23.8 Å². The molecular weight excluding hydrogens is 380 g/mol. The topological polar surface area (TPSA) is 106 Å². The quantitative estimate of drug-likeness (QED) is 0.690. The third-order valence-electron chi connectivity index (χ3n) is 2.93. The number of halogens is 1. The average Bonchev–Trinajstić information content (AvgIpc) is 3.01. The predicted molar refractivity (Wildman–Crippen MR) is 97.2 cm³/mol. The Morgan fingerprint density at radius 2 is 1.92 bits per heavy atom. The second-order valence-electron chi connectivity index (χ2n) is 5.58. The fourth-order valence-electron chi connectivity index (χ4n) is 1.74. The van der Waals surface area contributed by atoms with E-state index in [9.17, 15) is 9.59 Å². The van der Waals surface area contributed by atoms with Crippen LogP contribution in [-0.2, 0) is 11.4 Å². The van der Waals surface area contributed by atoms with Gasteiger partial charge in [0.2, 0.25) is 5.91 Å². The van der Waals surface area contributed by atoms with Crippen molar-refractivity contribution >= 4 is 35.3 Å². The number of aromatic nitrogens is 2. The normalized spacial score (nSPS) is 11.9. The summed E-state index contributed by atoms with van der Waals surface area (Å²) in [5, 5.41) is 12.8. The highest BCUT2D eigenvalue weighted by atomic mass is 35.5. The standard InChI is InChI=1S/C16H19ClN4O4S/c1-9(2)18-15(23)19-14(22)10(3)26-16-21-20-13(25-16)8-24-12-6-4-11(17)5-7-12/h4-7,9-10H,8H2,1-3H3,(H2,18,19,22,23)/t10-/m0/s1. The van der Waals surface area contributed by atoms with E-state index in [1.54, 1.807) is 45.0 Å². The van der Waals surface area contributed by atoms with Gasteiger partial charge in [-0.25, -0.2) is 4.79 Å². The van der Waals surface area contributed by atoms with E-state index in [0.717, 1.165) is 11.8 Å². The first-order valence-electron chi connectivity index (χ1n) is 7.82. The van der Waals surface area contributed by atoms with Gasteiger partial charge in [-0.15, -0.1) is 10.2 Å². The van der Waals surface area contributed by atoms with Crippen LogP contribution in [0.15, 0.2) is 33.9 Å². The highest BCUT2D eigenvalue weighted by Crippen LogP contribution is 2.22. The summed E-state index contributed by atoms with van der Waals surface area (Å²) in [5.74, 6) is 0.434. The highest BCUT2D eigenvalue weighted by molar-refractivity contribution is 8.00. The maximum absolute atomic E-state index is 12.0. The van der Waals surface area contributed by atoms with Crippen molar-refractivity contribution in [3.63, 3.8) is 0 Å². The smallest absolute Gasteiger partial charge is 0.321 e. The molecule has 2 aromatic rings. The van der Waals surface area contributed by atoms with Gasteiger partial charge in [0.05, 0.1) is 5.25 Å². The Morgan fingerprint density at radius 1 is 1.23 bits per heavy atom. The molecule has 26 heavy (non-hydrogen) atoms. The summed E-state index contributed by atoms with van der Waals surface area (Å²) in [4.78, 5) is 23.5. The molecule has 2 rings (SSSR count). The van der Waals surface area contributed by atoms with Crippen molar-refractivity contribution in [3.8, 4) is 5.75 Å². The number of rotatable bonds is 7. The van der Waals surface area contributed by atoms with Crippen molar-refractivity contribution in [1.82, 2.24) is 20.8 Å². The van der Waals surface area contributed by atoms with E-state index in [1.807, 2.05) is 0 Å². The Kier molecular flexibility index (Phi) is 7.28. The summed E-state index contributed by atoms with van der Waals surface area (Å²) in [7, 11) is 0. The van der Waals surface area contributed by atoms with E-state index >= 15 is 0 Å².